The van der Waals surface area contributed by atoms with Gasteiger partial charge >= 0.3 is 0 Å². The van der Waals surface area contributed by atoms with Crippen molar-refractivity contribution in [2.45, 2.75) is 19.3 Å². The zero-order valence-electron chi connectivity index (χ0n) is 10.6. The summed E-state index contributed by atoms with van der Waals surface area (Å²) in [5.74, 6) is 0. The summed E-state index contributed by atoms with van der Waals surface area (Å²) in [6.07, 6.45) is -0.383. The van der Waals surface area contributed by atoms with Crippen LogP contribution in [0.5, 0.6) is 0 Å². The van der Waals surface area contributed by atoms with Crippen LogP contribution in [0.4, 0.5) is 5.69 Å². The molecule has 5 heteroatoms. The minimum atomic E-state index is -0.383. The summed E-state index contributed by atoms with van der Waals surface area (Å²) >= 11 is 0. The molecule has 0 aliphatic carbocycles. The average Bonchev–Trinajstić information content (AvgIpc) is 2.40. The molecule has 94 valence electrons. The Morgan fingerprint density at radius 1 is 1.11 bits per heavy atom. The van der Waals surface area contributed by atoms with Crippen LogP contribution in [0.3, 0.4) is 0 Å². The predicted octanol–water partition coefficient (Wildman–Crippen LogP) is 1.85. The molecule has 18 heavy (non-hydrogen) atoms. The van der Waals surface area contributed by atoms with Crippen molar-refractivity contribution in [1.82, 2.24) is 0 Å². The van der Waals surface area contributed by atoms with Crippen molar-refractivity contribution in [2.24, 2.45) is 0 Å². The van der Waals surface area contributed by atoms with Crippen LogP contribution < -0.4 is 5.32 Å². The summed E-state index contributed by atoms with van der Waals surface area (Å²) in [6, 6.07) is 8.88. The first-order valence-electron chi connectivity index (χ1n) is 5.42. The van der Waals surface area contributed by atoms with Gasteiger partial charge in [-0.3, -0.25) is 0 Å². The van der Waals surface area contributed by atoms with Gasteiger partial charge in [0, 0.05) is 19.9 Å². The van der Waals surface area contributed by atoms with Gasteiger partial charge in [-0.15, -0.1) is 0 Å². The van der Waals surface area contributed by atoms with Gasteiger partial charge in [-0.25, -0.2) is 0 Å². The third kappa shape index (κ3) is 3.21. The van der Waals surface area contributed by atoms with E-state index in [9.17, 15) is 0 Å². The molecule has 0 fully saturated rings. The molecular weight excluding hydrogens is 230 g/mol. The molecule has 0 saturated carbocycles. The van der Waals surface area contributed by atoms with Gasteiger partial charge in [0.1, 0.15) is 12.1 Å². The lowest BCUT2D eigenvalue weighted by Gasteiger charge is -2.23. The number of nitrogens with zero attached hydrogens (tertiary/aromatic N) is 2. The van der Waals surface area contributed by atoms with Gasteiger partial charge in [0.2, 0.25) is 0 Å². The zero-order valence-corrected chi connectivity index (χ0v) is 10.6. The summed E-state index contributed by atoms with van der Waals surface area (Å²) in [7, 11) is 3.12. The average molecular weight is 245 g/mol. The summed E-state index contributed by atoms with van der Waals surface area (Å²) in [6.45, 7) is 1.90. The molecule has 0 spiro atoms. The summed E-state index contributed by atoms with van der Waals surface area (Å²) in [5, 5.41) is 20.9. The normalized spacial score (nSPS) is 11.7. The number of nitriles is 2. The maximum absolute atomic E-state index is 8.93. The molecule has 1 atom stereocenters. The lowest BCUT2D eigenvalue weighted by atomic mass is 10.1. The molecule has 1 aromatic rings. The van der Waals surface area contributed by atoms with Crippen molar-refractivity contribution in [2.75, 3.05) is 19.5 Å². The first-order chi connectivity index (χ1) is 8.65. The number of hydrogen-bond donors (Lipinski definition) is 1. The van der Waals surface area contributed by atoms with E-state index in [0.717, 1.165) is 5.69 Å². The topological polar surface area (TPSA) is 78.1 Å². The van der Waals surface area contributed by atoms with Gasteiger partial charge in [0.15, 0.2) is 6.29 Å². The fourth-order valence-electron chi connectivity index (χ4n) is 1.66. The Labute approximate surface area is 107 Å². The van der Waals surface area contributed by atoms with Crippen LogP contribution in [-0.2, 0) is 9.47 Å². The lowest BCUT2D eigenvalue weighted by Crippen LogP contribution is -2.33. The third-order valence-electron chi connectivity index (χ3n) is 2.53. The number of hydrogen-bond acceptors (Lipinski definition) is 5. The highest BCUT2D eigenvalue weighted by Crippen LogP contribution is 2.16. The molecule has 0 radical (unpaired) electrons. The highest BCUT2D eigenvalue weighted by Gasteiger charge is 2.15. The SMILES string of the molecule is COC(OC)C(C)Nc1ccc(C#N)c(C#N)c1. The second kappa shape index (κ2) is 6.61. The van der Waals surface area contributed by atoms with Crippen LogP contribution in [-0.4, -0.2) is 26.6 Å². The van der Waals surface area contributed by atoms with E-state index in [1.807, 2.05) is 19.1 Å². The minimum absolute atomic E-state index is 0.0838. The van der Waals surface area contributed by atoms with Crippen LogP contribution >= 0.6 is 0 Å². The lowest BCUT2D eigenvalue weighted by molar-refractivity contribution is -0.109. The van der Waals surface area contributed by atoms with Crippen LogP contribution in [0.2, 0.25) is 0 Å². The first-order valence-corrected chi connectivity index (χ1v) is 5.42. The highest BCUT2D eigenvalue weighted by molar-refractivity contribution is 5.56. The van der Waals surface area contributed by atoms with E-state index in [4.69, 9.17) is 20.0 Å². The van der Waals surface area contributed by atoms with Crippen molar-refractivity contribution in [1.29, 1.82) is 10.5 Å². The first kappa shape index (κ1) is 14.0. The van der Waals surface area contributed by atoms with Crippen molar-refractivity contribution >= 4 is 5.69 Å². The molecule has 0 aliphatic heterocycles. The molecule has 0 heterocycles. The molecule has 0 amide bonds. The molecule has 1 unspecified atom stereocenters. The van der Waals surface area contributed by atoms with E-state index in [2.05, 4.69) is 5.32 Å². The summed E-state index contributed by atoms with van der Waals surface area (Å²) < 4.78 is 10.3. The van der Waals surface area contributed by atoms with Crippen molar-refractivity contribution in [3.05, 3.63) is 29.3 Å². The molecule has 1 aromatic carbocycles. The van der Waals surface area contributed by atoms with Gasteiger partial charge in [-0.05, 0) is 25.1 Å². The smallest absolute Gasteiger partial charge is 0.176 e. The van der Waals surface area contributed by atoms with E-state index in [1.165, 1.54) is 0 Å². The number of anilines is 1. The molecule has 5 nitrogen and oxygen atoms in total. The van der Waals surface area contributed by atoms with Crippen LogP contribution in [0.25, 0.3) is 0 Å². The van der Waals surface area contributed by atoms with E-state index < -0.39 is 0 Å². The number of rotatable bonds is 5. The predicted molar refractivity (Wildman–Crippen MR) is 66.8 cm³/mol. The third-order valence-corrected chi connectivity index (χ3v) is 2.53. The Balaban J connectivity index is 2.87. The van der Waals surface area contributed by atoms with Gasteiger partial charge < -0.3 is 14.8 Å². The van der Waals surface area contributed by atoms with Crippen molar-refractivity contribution in [3.63, 3.8) is 0 Å². The highest BCUT2D eigenvalue weighted by atomic mass is 16.7. The Hall–Kier alpha value is -2.08. The second-order valence-corrected chi connectivity index (χ2v) is 3.76. The van der Waals surface area contributed by atoms with Gasteiger partial charge in [-0.2, -0.15) is 10.5 Å². The quantitative estimate of drug-likeness (QED) is 0.801. The van der Waals surface area contributed by atoms with Crippen molar-refractivity contribution < 1.29 is 9.47 Å². The largest absolute Gasteiger partial charge is 0.377 e. The summed E-state index contributed by atoms with van der Waals surface area (Å²) in [4.78, 5) is 0. The minimum Gasteiger partial charge on any atom is -0.377 e. The zero-order chi connectivity index (χ0) is 13.5. The monoisotopic (exact) mass is 245 g/mol. The fraction of sp³-hybridized carbons (Fsp3) is 0.385. The number of ether oxygens (including phenoxy) is 2. The van der Waals surface area contributed by atoms with Crippen molar-refractivity contribution in [3.8, 4) is 12.1 Å². The van der Waals surface area contributed by atoms with E-state index >= 15 is 0 Å². The molecule has 0 saturated heterocycles. The van der Waals surface area contributed by atoms with E-state index in [-0.39, 0.29) is 12.3 Å². The van der Waals surface area contributed by atoms with Gasteiger partial charge in [-0.1, -0.05) is 0 Å². The fourth-order valence-corrected chi connectivity index (χ4v) is 1.66. The summed E-state index contributed by atoms with van der Waals surface area (Å²) in [5.41, 5.74) is 1.46. The molecule has 1 N–H and O–H groups in total. The Kier molecular flexibility index (Phi) is 5.13. The van der Waals surface area contributed by atoms with Crippen LogP contribution in [0.1, 0.15) is 18.1 Å². The van der Waals surface area contributed by atoms with E-state index in [1.54, 1.807) is 32.4 Å². The standard InChI is InChI=1S/C13H15N3O2/c1-9(13(17-2)18-3)16-12-5-4-10(7-14)11(6-12)8-15/h4-6,9,13,16H,1-3H3. The second-order valence-electron chi connectivity index (χ2n) is 3.76. The maximum atomic E-state index is 8.93. The molecule has 0 aromatic heterocycles. The molecule has 0 aliphatic rings. The Morgan fingerprint density at radius 3 is 2.22 bits per heavy atom. The maximum Gasteiger partial charge on any atom is 0.176 e. The van der Waals surface area contributed by atoms with Gasteiger partial charge in [0.25, 0.3) is 0 Å². The number of nitrogens with one attached hydrogen (secondary N) is 1. The van der Waals surface area contributed by atoms with E-state index in [0.29, 0.717) is 11.1 Å². The van der Waals surface area contributed by atoms with Crippen LogP contribution in [0, 0.1) is 22.7 Å². The molecule has 0 bridgehead atoms. The Morgan fingerprint density at radius 2 is 1.72 bits per heavy atom. The Bertz CT molecular complexity index is 484. The number of benzene rings is 1. The molecule has 1 rings (SSSR count). The number of methoxy groups -OCH3 is 2. The molecular formula is C13H15N3O2. The van der Waals surface area contributed by atoms with Gasteiger partial charge in [0.05, 0.1) is 17.2 Å². The van der Waals surface area contributed by atoms with Crippen LogP contribution in [0.15, 0.2) is 18.2 Å².